The van der Waals surface area contributed by atoms with Crippen LogP contribution >= 0.6 is 11.3 Å². The zero-order chi connectivity index (χ0) is 13.4. The van der Waals surface area contributed by atoms with Crippen LogP contribution in [0, 0.1) is 0 Å². The topological polar surface area (TPSA) is 44.5 Å². The van der Waals surface area contributed by atoms with Gasteiger partial charge in [-0.25, -0.2) is 0 Å². The third kappa shape index (κ3) is 1.96. The van der Waals surface area contributed by atoms with E-state index in [4.69, 9.17) is 15.2 Å². The second kappa shape index (κ2) is 4.78. The third-order valence-corrected chi connectivity index (χ3v) is 4.75. The molecule has 0 unspecified atom stereocenters. The Morgan fingerprint density at radius 1 is 1.16 bits per heavy atom. The molecule has 0 saturated heterocycles. The lowest BCUT2D eigenvalue weighted by Crippen LogP contribution is -1.94. The molecule has 0 spiro atoms. The molecule has 0 amide bonds. The molecule has 0 radical (unpaired) electrons. The smallest absolute Gasteiger partial charge is 0.127 e. The van der Waals surface area contributed by atoms with Gasteiger partial charge in [0.2, 0.25) is 0 Å². The van der Waals surface area contributed by atoms with Crippen molar-refractivity contribution in [2.45, 2.75) is 19.3 Å². The molecule has 19 heavy (non-hydrogen) atoms. The third-order valence-electron chi connectivity index (χ3n) is 3.62. The molecule has 0 saturated carbocycles. The van der Waals surface area contributed by atoms with Crippen LogP contribution in [0.15, 0.2) is 18.2 Å². The van der Waals surface area contributed by atoms with Gasteiger partial charge in [-0.2, -0.15) is 0 Å². The summed E-state index contributed by atoms with van der Waals surface area (Å²) in [7, 11) is 3.36. The first-order chi connectivity index (χ1) is 9.24. The minimum atomic E-state index is 0.827. The van der Waals surface area contributed by atoms with Gasteiger partial charge in [0.05, 0.1) is 19.2 Å². The number of rotatable bonds is 3. The van der Waals surface area contributed by atoms with Crippen LogP contribution < -0.4 is 15.2 Å². The summed E-state index contributed by atoms with van der Waals surface area (Å²) in [6.07, 6.45) is 3.48. The van der Waals surface area contributed by atoms with Crippen molar-refractivity contribution in [1.82, 2.24) is 0 Å². The van der Waals surface area contributed by atoms with Crippen LogP contribution in [0.2, 0.25) is 0 Å². The number of nitrogens with two attached hydrogens (primary N) is 1. The summed E-state index contributed by atoms with van der Waals surface area (Å²) in [4.78, 5) is 1.43. The van der Waals surface area contributed by atoms with Crippen LogP contribution in [0.5, 0.6) is 11.5 Å². The Labute approximate surface area is 117 Å². The highest BCUT2D eigenvalue weighted by Gasteiger charge is 2.24. The lowest BCUT2D eigenvalue weighted by Gasteiger charge is -2.12. The summed E-state index contributed by atoms with van der Waals surface area (Å²) in [6.45, 7) is 0. The Hall–Kier alpha value is -1.68. The highest BCUT2D eigenvalue weighted by atomic mass is 32.1. The zero-order valence-electron chi connectivity index (χ0n) is 11.2. The van der Waals surface area contributed by atoms with Gasteiger partial charge in [-0.05, 0) is 43.0 Å². The van der Waals surface area contributed by atoms with Crippen molar-refractivity contribution in [2.75, 3.05) is 20.0 Å². The van der Waals surface area contributed by atoms with Crippen LogP contribution in [0.25, 0.3) is 11.1 Å². The van der Waals surface area contributed by atoms with Crippen molar-refractivity contribution < 1.29 is 9.47 Å². The van der Waals surface area contributed by atoms with Crippen LogP contribution in [0.3, 0.4) is 0 Å². The summed E-state index contributed by atoms with van der Waals surface area (Å²) in [6, 6.07) is 5.85. The molecule has 1 heterocycles. The first-order valence-electron chi connectivity index (χ1n) is 6.37. The molecule has 100 valence electrons. The maximum atomic E-state index is 6.22. The molecule has 4 heteroatoms. The molecule has 0 bridgehead atoms. The van der Waals surface area contributed by atoms with Gasteiger partial charge in [0.1, 0.15) is 11.5 Å². The van der Waals surface area contributed by atoms with Gasteiger partial charge in [0.15, 0.2) is 0 Å². The Kier molecular flexibility index (Phi) is 3.11. The molecule has 0 fully saturated rings. The fraction of sp³-hybridized carbons (Fsp3) is 0.333. The Bertz CT molecular complexity index is 619. The molecular weight excluding hydrogens is 258 g/mol. The Morgan fingerprint density at radius 2 is 2.00 bits per heavy atom. The van der Waals surface area contributed by atoms with E-state index in [-0.39, 0.29) is 0 Å². The fourth-order valence-corrected chi connectivity index (χ4v) is 3.90. The predicted octanol–water partition coefficient (Wildman–Crippen LogP) is 3.50. The summed E-state index contributed by atoms with van der Waals surface area (Å²) in [5.74, 6) is 1.67. The summed E-state index contributed by atoms with van der Waals surface area (Å²) < 4.78 is 10.8. The molecule has 1 aromatic carbocycles. The number of benzene rings is 1. The van der Waals surface area contributed by atoms with Crippen LogP contribution in [0.1, 0.15) is 16.9 Å². The van der Waals surface area contributed by atoms with E-state index in [1.807, 2.05) is 18.2 Å². The first-order valence-corrected chi connectivity index (χ1v) is 7.18. The van der Waals surface area contributed by atoms with Crippen molar-refractivity contribution in [2.24, 2.45) is 0 Å². The minimum Gasteiger partial charge on any atom is -0.497 e. The van der Waals surface area contributed by atoms with Crippen LogP contribution in [-0.4, -0.2) is 14.2 Å². The molecule has 0 atom stereocenters. The summed E-state index contributed by atoms with van der Waals surface area (Å²) in [5, 5.41) is 0.885. The fourth-order valence-electron chi connectivity index (χ4n) is 2.73. The van der Waals surface area contributed by atoms with Crippen molar-refractivity contribution >= 4 is 16.3 Å². The molecule has 2 aromatic rings. The van der Waals surface area contributed by atoms with Crippen molar-refractivity contribution in [1.29, 1.82) is 0 Å². The van der Waals surface area contributed by atoms with Gasteiger partial charge >= 0.3 is 0 Å². The lowest BCUT2D eigenvalue weighted by atomic mass is 10.0. The highest BCUT2D eigenvalue weighted by molar-refractivity contribution is 7.16. The molecule has 3 nitrogen and oxygen atoms in total. The zero-order valence-corrected chi connectivity index (χ0v) is 12.0. The minimum absolute atomic E-state index is 0.827. The summed E-state index contributed by atoms with van der Waals surface area (Å²) >= 11 is 1.71. The average molecular weight is 275 g/mol. The number of aryl methyl sites for hydroxylation is 1. The number of fused-ring (bicyclic) bond motifs is 1. The van der Waals surface area contributed by atoms with Gasteiger partial charge in [-0.15, -0.1) is 11.3 Å². The Morgan fingerprint density at radius 3 is 2.74 bits per heavy atom. The van der Waals surface area contributed by atoms with E-state index in [1.54, 1.807) is 25.6 Å². The van der Waals surface area contributed by atoms with E-state index in [1.165, 1.54) is 16.9 Å². The van der Waals surface area contributed by atoms with E-state index in [0.29, 0.717) is 0 Å². The predicted molar refractivity (Wildman–Crippen MR) is 79.3 cm³/mol. The number of ether oxygens (including phenoxy) is 2. The van der Waals surface area contributed by atoms with Gasteiger partial charge in [-0.3, -0.25) is 0 Å². The maximum absolute atomic E-state index is 6.22. The Balaban J connectivity index is 2.21. The van der Waals surface area contributed by atoms with E-state index >= 15 is 0 Å². The standard InChI is InChI=1S/C15H17NO2S/c1-17-9-6-7-12(18-2)11(8-9)14-10-4-3-5-13(10)19-15(14)16/h6-8H,3-5,16H2,1-2H3. The quantitative estimate of drug-likeness (QED) is 0.932. The van der Waals surface area contributed by atoms with Gasteiger partial charge in [0.25, 0.3) is 0 Å². The van der Waals surface area contributed by atoms with Gasteiger partial charge in [0, 0.05) is 16.0 Å². The van der Waals surface area contributed by atoms with E-state index < -0.39 is 0 Å². The summed E-state index contributed by atoms with van der Waals surface area (Å²) in [5.41, 5.74) is 9.81. The van der Waals surface area contributed by atoms with Crippen molar-refractivity contribution in [3.63, 3.8) is 0 Å². The van der Waals surface area contributed by atoms with E-state index in [9.17, 15) is 0 Å². The van der Waals surface area contributed by atoms with Gasteiger partial charge in [-0.1, -0.05) is 0 Å². The molecule has 1 aliphatic carbocycles. The van der Waals surface area contributed by atoms with Gasteiger partial charge < -0.3 is 15.2 Å². The first kappa shape index (κ1) is 12.4. The largest absolute Gasteiger partial charge is 0.497 e. The lowest BCUT2D eigenvalue weighted by molar-refractivity contribution is 0.404. The average Bonchev–Trinajstić information content (AvgIpc) is 2.97. The SMILES string of the molecule is COc1ccc(OC)c(-c2c(N)sc3c2CCC3)c1. The molecule has 2 N–H and O–H groups in total. The molecule has 3 rings (SSSR count). The maximum Gasteiger partial charge on any atom is 0.127 e. The van der Waals surface area contributed by atoms with Crippen molar-refractivity contribution in [3.8, 4) is 22.6 Å². The molecule has 1 aromatic heterocycles. The molecule has 1 aliphatic rings. The van der Waals surface area contributed by atoms with Crippen LogP contribution in [-0.2, 0) is 12.8 Å². The number of hydrogen-bond donors (Lipinski definition) is 1. The number of nitrogen functional groups attached to an aromatic ring is 1. The number of methoxy groups -OCH3 is 2. The second-order valence-electron chi connectivity index (χ2n) is 4.66. The second-order valence-corrected chi connectivity index (χ2v) is 5.80. The molecule has 0 aliphatic heterocycles. The number of hydrogen-bond acceptors (Lipinski definition) is 4. The van der Waals surface area contributed by atoms with E-state index in [2.05, 4.69) is 0 Å². The normalized spacial score (nSPS) is 13.4. The van der Waals surface area contributed by atoms with E-state index in [0.717, 1.165) is 40.5 Å². The number of anilines is 1. The highest BCUT2D eigenvalue weighted by Crippen LogP contribution is 2.46. The molecular formula is C15H17NO2S. The van der Waals surface area contributed by atoms with Crippen molar-refractivity contribution in [3.05, 3.63) is 28.6 Å². The van der Waals surface area contributed by atoms with Crippen LogP contribution in [0.4, 0.5) is 5.00 Å². The number of thiophene rings is 1. The monoisotopic (exact) mass is 275 g/mol.